The van der Waals surface area contributed by atoms with E-state index in [1.165, 1.54) is 6.92 Å². The molecular formula is C18H32N4O4. The predicted octanol–water partition coefficient (Wildman–Crippen LogP) is -0.286. The van der Waals surface area contributed by atoms with E-state index in [9.17, 15) is 14.4 Å². The Morgan fingerprint density at radius 3 is 2.62 bits per heavy atom. The molecule has 0 saturated carbocycles. The monoisotopic (exact) mass is 368 g/mol. The summed E-state index contributed by atoms with van der Waals surface area (Å²) in [6.07, 6.45) is 2.42. The van der Waals surface area contributed by atoms with Gasteiger partial charge in [-0.15, -0.1) is 0 Å². The summed E-state index contributed by atoms with van der Waals surface area (Å²) < 4.78 is 5.71. The van der Waals surface area contributed by atoms with Crippen LogP contribution in [-0.4, -0.2) is 78.5 Å². The summed E-state index contributed by atoms with van der Waals surface area (Å²) in [5, 5.41) is 2.76. The van der Waals surface area contributed by atoms with Crippen molar-refractivity contribution in [3.05, 3.63) is 0 Å². The number of hydrogen-bond acceptors (Lipinski definition) is 5. The fourth-order valence-electron chi connectivity index (χ4n) is 3.71. The van der Waals surface area contributed by atoms with Gasteiger partial charge in [0.15, 0.2) is 0 Å². The van der Waals surface area contributed by atoms with Gasteiger partial charge < -0.3 is 25.6 Å². The van der Waals surface area contributed by atoms with E-state index in [0.717, 1.165) is 19.4 Å². The van der Waals surface area contributed by atoms with Gasteiger partial charge in [-0.25, -0.2) is 0 Å². The van der Waals surface area contributed by atoms with E-state index < -0.39 is 6.04 Å². The molecule has 2 heterocycles. The highest BCUT2D eigenvalue weighted by molar-refractivity contribution is 5.88. The molecule has 0 aliphatic carbocycles. The van der Waals surface area contributed by atoms with Gasteiger partial charge in [-0.05, 0) is 19.3 Å². The first-order valence-corrected chi connectivity index (χ1v) is 9.52. The van der Waals surface area contributed by atoms with Crippen LogP contribution in [0.1, 0.15) is 40.0 Å². The second kappa shape index (κ2) is 9.32. The molecule has 2 fully saturated rings. The molecular weight excluding hydrogens is 336 g/mol. The average Bonchev–Trinajstić information content (AvgIpc) is 3.26. The van der Waals surface area contributed by atoms with Crippen molar-refractivity contribution in [1.82, 2.24) is 15.1 Å². The van der Waals surface area contributed by atoms with Gasteiger partial charge in [0.2, 0.25) is 17.7 Å². The summed E-state index contributed by atoms with van der Waals surface area (Å²) in [5.41, 5.74) is 5.45. The first kappa shape index (κ1) is 20.6. The molecule has 0 aromatic rings. The molecule has 8 nitrogen and oxygen atoms in total. The summed E-state index contributed by atoms with van der Waals surface area (Å²) in [6.45, 7) is 7.53. The molecule has 8 heteroatoms. The Hall–Kier alpha value is -1.67. The molecule has 0 radical (unpaired) electrons. The lowest BCUT2D eigenvalue weighted by molar-refractivity contribution is -0.139. The highest BCUT2D eigenvalue weighted by atomic mass is 16.5. The second-order valence-corrected chi connectivity index (χ2v) is 7.44. The van der Waals surface area contributed by atoms with Crippen molar-refractivity contribution in [3.63, 3.8) is 0 Å². The molecule has 2 rings (SSSR count). The number of nitrogens with two attached hydrogens (primary N) is 1. The van der Waals surface area contributed by atoms with E-state index in [0.29, 0.717) is 32.6 Å². The van der Waals surface area contributed by atoms with Crippen LogP contribution in [0.15, 0.2) is 0 Å². The lowest BCUT2D eigenvalue weighted by Gasteiger charge is -2.32. The number of amides is 3. The van der Waals surface area contributed by atoms with Crippen LogP contribution in [0.4, 0.5) is 0 Å². The van der Waals surface area contributed by atoms with Gasteiger partial charge in [-0.3, -0.25) is 14.4 Å². The van der Waals surface area contributed by atoms with Gasteiger partial charge in [0.1, 0.15) is 6.04 Å². The van der Waals surface area contributed by atoms with Gasteiger partial charge in [-0.1, -0.05) is 13.8 Å². The van der Waals surface area contributed by atoms with Gasteiger partial charge in [0.25, 0.3) is 0 Å². The van der Waals surface area contributed by atoms with E-state index >= 15 is 0 Å². The average molecular weight is 368 g/mol. The molecule has 2 aliphatic rings. The highest BCUT2D eigenvalue weighted by Crippen LogP contribution is 2.26. The zero-order valence-corrected chi connectivity index (χ0v) is 16.1. The molecule has 3 N–H and O–H groups in total. The molecule has 0 bridgehead atoms. The van der Waals surface area contributed by atoms with Crippen LogP contribution in [0, 0.1) is 5.92 Å². The SMILES string of the molecule is CC(=O)N1CC(N(CC2CCCO2)C(=O)C(C)C)CC1C(=O)NCCN. The van der Waals surface area contributed by atoms with E-state index in [1.54, 1.807) is 4.90 Å². The van der Waals surface area contributed by atoms with Crippen LogP contribution in [0.3, 0.4) is 0 Å². The minimum Gasteiger partial charge on any atom is -0.376 e. The van der Waals surface area contributed by atoms with E-state index in [-0.39, 0.29) is 35.8 Å². The number of hydrogen-bond donors (Lipinski definition) is 2. The quantitative estimate of drug-likeness (QED) is 0.643. The third-order valence-corrected chi connectivity index (χ3v) is 5.07. The summed E-state index contributed by atoms with van der Waals surface area (Å²) in [7, 11) is 0. The van der Waals surface area contributed by atoms with E-state index in [4.69, 9.17) is 10.5 Å². The topological polar surface area (TPSA) is 105 Å². The van der Waals surface area contributed by atoms with E-state index in [1.807, 2.05) is 18.7 Å². The zero-order chi connectivity index (χ0) is 19.3. The Morgan fingerprint density at radius 1 is 1.35 bits per heavy atom. The number of carbonyl (C=O) groups excluding carboxylic acids is 3. The maximum absolute atomic E-state index is 12.8. The van der Waals surface area contributed by atoms with Crippen LogP contribution in [0.25, 0.3) is 0 Å². The van der Waals surface area contributed by atoms with E-state index in [2.05, 4.69) is 5.32 Å². The van der Waals surface area contributed by atoms with Crippen LogP contribution in [0.2, 0.25) is 0 Å². The standard InChI is InChI=1S/C18H32N4O4/c1-12(2)18(25)22(11-15-5-4-8-26-15)14-9-16(17(24)20-7-6-19)21(10-14)13(3)23/h12,14-16H,4-11,19H2,1-3H3,(H,20,24). The third-order valence-electron chi connectivity index (χ3n) is 5.07. The first-order chi connectivity index (χ1) is 12.3. The zero-order valence-electron chi connectivity index (χ0n) is 16.1. The Bertz CT molecular complexity index is 519. The van der Waals surface area contributed by atoms with Gasteiger partial charge >= 0.3 is 0 Å². The molecule has 0 aromatic carbocycles. The van der Waals surface area contributed by atoms with Crippen molar-refractivity contribution in [1.29, 1.82) is 0 Å². The Labute approximate surface area is 155 Å². The lowest BCUT2D eigenvalue weighted by atomic mass is 10.1. The highest BCUT2D eigenvalue weighted by Gasteiger charge is 2.42. The maximum atomic E-state index is 12.8. The van der Waals surface area contributed by atoms with Crippen LogP contribution < -0.4 is 11.1 Å². The molecule has 0 spiro atoms. The van der Waals surface area contributed by atoms with Crippen LogP contribution in [0.5, 0.6) is 0 Å². The molecule has 148 valence electrons. The predicted molar refractivity (Wildman–Crippen MR) is 97.2 cm³/mol. The number of nitrogens with one attached hydrogen (secondary N) is 1. The van der Waals surface area contributed by atoms with Crippen molar-refractivity contribution in [2.75, 3.05) is 32.8 Å². The number of ether oxygens (including phenoxy) is 1. The molecule has 2 aliphatic heterocycles. The number of likely N-dealkylation sites (tertiary alicyclic amines) is 1. The van der Waals surface area contributed by atoms with Crippen molar-refractivity contribution < 1.29 is 19.1 Å². The summed E-state index contributed by atoms with van der Waals surface area (Å²) in [4.78, 5) is 40.7. The third kappa shape index (κ3) is 4.94. The fraction of sp³-hybridized carbons (Fsp3) is 0.833. The summed E-state index contributed by atoms with van der Waals surface area (Å²) in [5.74, 6) is -0.471. The second-order valence-electron chi connectivity index (χ2n) is 7.44. The molecule has 2 saturated heterocycles. The lowest BCUT2D eigenvalue weighted by Crippen LogP contribution is -2.47. The van der Waals surface area contributed by atoms with Crippen molar-refractivity contribution in [2.45, 2.75) is 58.2 Å². The molecule has 3 unspecified atom stereocenters. The molecule has 3 amide bonds. The molecule has 3 atom stereocenters. The minimum absolute atomic E-state index is 0.0357. The maximum Gasteiger partial charge on any atom is 0.242 e. The van der Waals surface area contributed by atoms with Crippen molar-refractivity contribution >= 4 is 17.7 Å². The Kier molecular flexibility index (Phi) is 7.40. The number of carbonyl (C=O) groups is 3. The Balaban J connectivity index is 2.14. The van der Waals surface area contributed by atoms with Gasteiger partial charge in [0, 0.05) is 45.6 Å². The van der Waals surface area contributed by atoms with Crippen molar-refractivity contribution in [3.8, 4) is 0 Å². The number of nitrogens with zero attached hydrogens (tertiary/aromatic N) is 2. The van der Waals surface area contributed by atoms with Crippen molar-refractivity contribution in [2.24, 2.45) is 11.7 Å². The smallest absolute Gasteiger partial charge is 0.242 e. The van der Waals surface area contributed by atoms with Gasteiger partial charge in [0.05, 0.1) is 12.1 Å². The normalized spacial score (nSPS) is 25.6. The van der Waals surface area contributed by atoms with Crippen LogP contribution in [-0.2, 0) is 19.1 Å². The van der Waals surface area contributed by atoms with Crippen LogP contribution >= 0.6 is 0 Å². The summed E-state index contributed by atoms with van der Waals surface area (Å²) in [6, 6.07) is -0.734. The minimum atomic E-state index is -0.559. The number of rotatable bonds is 7. The summed E-state index contributed by atoms with van der Waals surface area (Å²) >= 11 is 0. The first-order valence-electron chi connectivity index (χ1n) is 9.52. The molecule has 26 heavy (non-hydrogen) atoms. The van der Waals surface area contributed by atoms with Gasteiger partial charge in [-0.2, -0.15) is 0 Å². The largest absolute Gasteiger partial charge is 0.376 e. The Morgan fingerprint density at radius 2 is 2.08 bits per heavy atom. The fourth-order valence-corrected chi connectivity index (χ4v) is 3.71. The molecule has 0 aromatic heterocycles.